The van der Waals surface area contributed by atoms with Crippen molar-refractivity contribution >= 4 is 22.8 Å². The molecule has 0 fully saturated rings. The molecule has 1 unspecified atom stereocenters. The third kappa shape index (κ3) is 3.41. The van der Waals surface area contributed by atoms with E-state index in [4.69, 9.17) is 0 Å². The first-order chi connectivity index (χ1) is 13.0. The zero-order valence-corrected chi connectivity index (χ0v) is 15.5. The van der Waals surface area contributed by atoms with Crippen molar-refractivity contribution < 1.29 is 9.50 Å². The Morgan fingerprint density at radius 1 is 1.15 bits per heavy atom. The predicted molar refractivity (Wildman–Crippen MR) is 103 cm³/mol. The summed E-state index contributed by atoms with van der Waals surface area (Å²) in [5.74, 6) is -0.313. The molecule has 0 aliphatic heterocycles. The van der Waals surface area contributed by atoms with E-state index in [1.54, 1.807) is 31.5 Å². The Morgan fingerprint density at radius 3 is 2.63 bits per heavy atom. The van der Waals surface area contributed by atoms with Gasteiger partial charge in [0.1, 0.15) is 12.0 Å². The van der Waals surface area contributed by atoms with Gasteiger partial charge in [0.15, 0.2) is 10.8 Å². The van der Waals surface area contributed by atoms with E-state index in [9.17, 15) is 9.50 Å². The molecule has 1 atom stereocenters. The number of hydrogen-bond donors (Lipinski definition) is 1. The predicted octanol–water partition coefficient (Wildman–Crippen LogP) is 3.93. The molecule has 0 spiro atoms. The highest BCUT2D eigenvalue weighted by atomic mass is 32.2. The molecule has 6 nitrogen and oxygen atoms in total. The van der Waals surface area contributed by atoms with Crippen LogP contribution in [0.5, 0.6) is 0 Å². The van der Waals surface area contributed by atoms with Crippen LogP contribution in [0.4, 0.5) is 4.39 Å². The van der Waals surface area contributed by atoms with Crippen LogP contribution in [-0.2, 0) is 0 Å². The lowest BCUT2D eigenvalue weighted by molar-refractivity contribution is 0.111. The Bertz CT molecular complexity index is 1110. The van der Waals surface area contributed by atoms with Gasteiger partial charge in [0.05, 0.1) is 11.4 Å². The summed E-state index contributed by atoms with van der Waals surface area (Å²) in [7, 11) is 0. The normalized spacial score (nSPS) is 12.4. The minimum Gasteiger partial charge on any atom is -0.372 e. The smallest absolute Gasteiger partial charge is 0.187 e. The molecule has 0 radical (unpaired) electrons. The standard InChI is InChI=1S/C19H16FN5OS/c1-11(26)25-10-13-9-15(16-7-8-21-19(22-16)27-2)17(23-18(13)24-25)12-3-5-14(20)6-4-12/h3-11,26H,1-2H3. The van der Waals surface area contributed by atoms with E-state index in [1.165, 1.54) is 28.6 Å². The lowest BCUT2D eigenvalue weighted by atomic mass is 10.0. The van der Waals surface area contributed by atoms with Crippen molar-refractivity contribution in [2.45, 2.75) is 18.3 Å². The first-order valence-corrected chi connectivity index (χ1v) is 9.49. The molecule has 3 heterocycles. The largest absolute Gasteiger partial charge is 0.372 e. The van der Waals surface area contributed by atoms with E-state index < -0.39 is 6.23 Å². The molecule has 0 bridgehead atoms. The zero-order chi connectivity index (χ0) is 19.0. The van der Waals surface area contributed by atoms with Gasteiger partial charge in [-0.25, -0.2) is 24.0 Å². The summed E-state index contributed by atoms with van der Waals surface area (Å²) in [6.07, 6.45) is 4.58. The number of thioether (sulfide) groups is 1. The number of aliphatic hydroxyl groups excluding tert-OH is 1. The van der Waals surface area contributed by atoms with E-state index in [2.05, 4.69) is 20.1 Å². The van der Waals surface area contributed by atoms with Crippen molar-refractivity contribution in [1.29, 1.82) is 0 Å². The van der Waals surface area contributed by atoms with Crippen LogP contribution in [0.2, 0.25) is 0 Å². The number of rotatable bonds is 4. The van der Waals surface area contributed by atoms with E-state index in [0.29, 0.717) is 22.2 Å². The molecule has 3 aromatic heterocycles. The van der Waals surface area contributed by atoms with Gasteiger partial charge in [-0.2, -0.15) is 0 Å². The van der Waals surface area contributed by atoms with Crippen LogP contribution in [0.1, 0.15) is 13.2 Å². The second kappa shape index (κ2) is 7.05. The molecule has 0 saturated carbocycles. The summed E-state index contributed by atoms with van der Waals surface area (Å²) in [6, 6.07) is 9.89. The number of hydrogen-bond acceptors (Lipinski definition) is 6. The average Bonchev–Trinajstić information content (AvgIpc) is 3.11. The number of benzene rings is 1. The van der Waals surface area contributed by atoms with Gasteiger partial charge in [0, 0.05) is 28.9 Å². The Morgan fingerprint density at radius 2 is 1.93 bits per heavy atom. The maximum atomic E-state index is 13.4. The fourth-order valence-corrected chi connectivity index (χ4v) is 3.13. The molecule has 0 amide bonds. The van der Waals surface area contributed by atoms with Crippen molar-refractivity contribution in [1.82, 2.24) is 24.7 Å². The van der Waals surface area contributed by atoms with Gasteiger partial charge < -0.3 is 5.11 Å². The number of aromatic nitrogens is 5. The van der Waals surface area contributed by atoms with Gasteiger partial charge in [-0.15, -0.1) is 5.10 Å². The van der Waals surface area contributed by atoms with Gasteiger partial charge in [-0.1, -0.05) is 11.8 Å². The van der Waals surface area contributed by atoms with Crippen LogP contribution in [0.25, 0.3) is 33.5 Å². The van der Waals surface area contributed by atoms with Gasteiger partial charge in [0.25, 0.3) is 0 Å². The maximum absolute atomic E-state index is 13.4. The summed E-state index contributed by atoms with van der Waals surface area (Å²) in [5.41, 5.74) is 3.40. The van der Waals surface area contributed by atoms with Crippen molar-refractivity contribution in [3.63, 3.8) is 0 Å². The SMILES string of the molecule is CSc1nccc(-c2cc3cn(C(C)O)nc3nc2-c2ccc(F)cc2)n1. The Labute approximate surface area is 159 Å². The molecule has 0 saturated heterocycles. The third-order valence-corrected chi connectivity index (χ3v) is 4.67. The van der Waals surface area contributed by atoms with Crippen LogP contribution in [-0.4, -0.2) is 36.1 Å². The molecule has 4 rings (SSSR count). The minimum atomic E-state index is -0.765. The topological polar surface area (TPSA) is 76.7 Å². The highest BCUT2D eigenvalue weighted by molar-refractivity contribution is 7.98. The number of nitrogens with zero attached hydrogens (tertiary/aromatic N) is 5. The number of pyridine rings is 1. The second-order valence-corrected chi connectivity index (χ2v) is 6.75. The van der Waals surface area contributed by atoms with Crippen LogP contribution in [0.3, 0.4) is 0 Å². The fraction of sp³-hybridized carbons (Fsp3) is 0.158. The second-order valence-electron chi connectivity index (χ2n) is 5.97. The summed E-state index contributed by atoms with van der Waals surface area (Å²) >= 11 is 1.45. The number of halogens is 1. The lowest BCUT2D eigenvalue weighted by Crippen LogP contribution is -2.03. The average molecular weight is 381 g/mol. The Hall–Kier alpha value is -2.84. The van der Waals surface area contributed by atoms with Crippen molar-refractivity contribution in [2.75, 3.05) is 6.26 Å². The highest BCUT2D eigenvalue weighted by Gasteiger charge is 2.16. The zero-order valence-electron chi connectivity index (χ0n) is 14.7. The molecule has 4 aromatic rings. The van der Waals surface area contributed by atoms with Crippen molar-refractivity contribution in [3.05, 3.63) is 54.6 Å². The third-order valence-electron chi connectivity index (χ3n) is 4.10. The molecule has 1 aromatic carbocycles. The van der Waals surface area contributed by atoms with Crippen LogP contribution >= 0.6 is 11.8 Å². The molecule has 1 N–H and O–H groups in total. The van der Waals surface area contributed by atoms with Crippen LogP contribution in [0.15, 0.2) is 53.9 Å². The maximum Gasteiger partial charge on any atom is 0.187 e. The lowest BCUT2D eigenvalue weighted by Gasteiger charge is -2.09. The fourth-order valence-electron chi connectivity index (χ4n) is 2.78. The van der Waals surface area contributed by atoms with E-state index in [1.807, 2.05) is 18.4 Å². The summed E-state index contributed by atoms with van der Waals surface area (Å²) in [5, 5.41) is 15.6. The Kier molecular flexibility index (Phi) is 4.59. The van der Waals surface area contributed by atoms with Gasteiger partial charge in [0.2, 0.25) is 0 Å². The molecule has 0 aliphatic rings. The summed E-state index contributed by atoms with van der Waals surface area (Å²) in [4.78, 5) is 13.5. The molecule has 136 valence electrons. The first-order valence-electron chi connectivity index (χ1n) is 8.26. The summed E-state index contributed by atoms with van der Waals surface area (Å²) < 4.78 is 14.8. The van der Waals surface area contributed by atoms with Crippen LogP contribution in [0, 0.1) is 5.82 Å². The quantitative estimate of drug-likeness (QED) is 0.426. The monoisotopic (exact) mass is 381 g/mol. The molecular weight excluding hydrogens is 365 g/mol. The van der Waals surface area contributed by atoms with Crippen molar-refractivity contribution in [2.24, 2.45) is 0 Å². The highest BCUT2D eigenvalue weighted by Crippen LogP contribution is 2.33. The van der Waals surface area contributed by atoms with Gasteiger partial charge in [-0.3, -0.25) is 0 Å². The first kappa shape index (κ1) is 17.6. The molecular formula is C19H16FN5OS. The molecule has 0 aliphatic carbocycles. The van der Waals surface area contributed by atoms with E-state index in [-0.39, 0.29) is 5.82 Å². The number of fused-ring (bicyclic) bond motifs is 1. The van der Waals surface area contributed by atoms with Crippen molar-refractivity contribution in [3.8, 4) is 22.5 Å². The molecule has 8 heteroatoms. The van der Waals surface area contributed by atoms with Crippen LogP contribution < -0.4 is 0 Å². The van der Waals surface area contributed by atoms with E-state index >= 15 is 0 Å². The van der Waals surface area contributed by atoms with E-state index in [0.717, 1.165) is 16.5 Å². The number of aliphatic hydroxyl groups is 1. The summed E-state index contributed by atoms with van der Waals surface area (Å²) in [6.45, 7) is 1.63. The Balaban J connectivity index is 1.98. The minimum absolute atomic E-state index is 0.313. The van der Waals surface area contributed by atoms with Gasteiger partial charge in [-0.05, 0) is 49.6 Å². The molecule has 27 heavy (non-hydrogen) atoms. The van der Waals surface area contributed by atoms with Gasteiger partial charge >= 0.3 is 0 Å².